The second-order valence-corrected chi connectivity index (χ2v) is 7.65. The Labute approximate surface area is 143 Å². The molecule has 0 saturated carbocycles. The molecule has 2 aliphatic rings. The molecule has 1 fully saturated rings. The van der Waals surface area contributed by atoms with E-state index >= 15 is 0 Å². The summed E-state index contributed by atoms with van der Waals surface area (Å²) in [6.45, 7) is 9.96. The molecule has 1 unspecified atom stereocenters. The quantitative estimate of drug-likeness (QED) is 0.858. The topological polar surface area (TPSA) is 65.5 Å². The Hall–Kier alpha value is -2.11. The first-order chi connectivity index (χ1) is 11.3. The summed E-state index contributed by atoms with van der Waals surface area (Å²) in [7, 11) is 0. The van der Waals surface area contributed by atoms with Gasteiger partial charge in [-0.1, -0.05) is 27.7 Å². The molecule has 0 bridgehead atoms. The molecule has 0 spiro atoms. The van der Waals surface area contributed by atoms with E-state index in [4.69, 9.17) is 0 Å². The van der Waals surface area contributed by atoms with Crippen LogP contribution in [0.4, 0.5) is 10.5 Å². The number of rotatable bonds is 1. The molecular formula is C18H26N4O2. The van der Waals surface area contributed by atoms with Gasteiger partial charge in [0.25, 0.3) is 0 Å². The van der Waals surface area contributed by atoms with E-state index in [1.165, 1.54) is 0 Å². The Morgan fingerprint density at radius 3 is 2.88 bits per heavy atom. The van der Waals surface area contributed by atoms with Gasteiger partial charge >= 0.3 is 6.03 Å². The normalized spacial score (nSPS) is 23.0. The van der Waals surface area contributed by atoms with E-state index in [0.717, 1.165) is 17.8 Å². The Balaban J connectivity index is 1.95. The van der Waals surface area contributed by atoms with Gasteiger partial charge in [-0.2, -0.15) is 0 Å². The number of nitrogens with one attached hydrogen (secondary N) is 1. The number of hydrogen-bond donors (Lipinski definition) is 1. The SMILES string of the molecule is CC(C)C1C(=O)NCCCN1C(=O)N1CC(C)(C)c2ncccc21. The van der Waals surface area contributed by atoms with Crippen LogP contribution in [0.5, 0.6) is 0 Å². The van der Waals surface area contributed by atoms with Crippen molar-refractivity contribution in [2.24, 2.45) is 5.92 Å². The highest BCUT2D eigenvalue weighted by atomic mass is 16.2. The molecule has 3 rings (SSSR count). The van der Waals surface area contributed by atoms with Crippen LogP contribution in [0.15, 0.2) is 18.3 Å². The van der Waals surface area contributed by atoms with Crippen LogP contribution in [0.3, 0.4) is 0 Å². The fourth-order valence-corrected chi connectivity index (χ4v) is 3.74. The summed E-state index contributed by atoms with van der Waals surface area (Å²) in [6.07, 6.45) is 2.54. The molecule has 2 aliphatic heterocycles. The van der Waals surface area contributed by atoms with E-state index in [9.17, 15) is 9.59 Å². The molecule has 0 aromatic carbocycles. The lowest BCUT2D eigenvalue weighted by Crippen LogP contribution is -2.54. The molecule has 3 heterocycles. The van der Waals surface area contributed by atoms with Gasteiger partial charge in [0.1, 0.15) is 6.04 Å². The maximum absolute atomic E-state index is 13.3. The monoisotopic (exact) mass is 330 g/mol. The van der Waals surface area contributed by atoms with Gasteiger partial charge in [-0.25, -0.2) is 4.79 Å². The third kappa shape index (κ3) is 2.74. The van der Waals surface area contributed by atoms with Crippen molar-refractivity contribution in [1.82, 2.24) is 15.2 Å². The first-order valence-corrected chi connectivity index (χ1v) is 8.64. The number of hydrogen-bond acceptors (Lipinski definition) is 3. The van der Waals surface area contributed by atoms with Crippen molar-refractivity contribution >= 4 is 17.6 Å². The Kier molecular flexibility index (Phi) is 4.24. The maximum atomic E-state index is 13.3. The van der Waals surface area contributed by atoms with Crippen molar-refractivity contribution in [1.29, 1.82) is 0 Å². The van der Waals surface area contributed by atoms with Crippen molar-refractivity contribution in [2.45, 2.75) is 45.6 Å². The molecule has 24 heavy (non-hydrogen) atoms. The fraction of sp³-hybridized carbons (Fsp3) is 0.611. The highest BCUT2D eigenvalue weighted by Gasteiger charge is 2.43. The Bertz CT molecular complexity index is 656. The number of aromatic nitrogens is 1. The standard InChI is InChI=1S/C18H26N4O2/c1-12(2)14-16(23)20-9-6-10-21(14)17(24)22-11-18(3,4)15-13(22)7-5-8-19-15/h5,7-8,12,14H,6,9-11H2,1-4H3,(H,20,23). The van der Waals surface area contributed by atoms with E-state index in [1.807, 2.05) is 26.0 Å². The third-order valence-corrected chi connectivity index (χ3v) is 4.86. The molecule has 1 aromatic rings. The number of amides is 3. The lowest BCUT2D eigenvalue weighted by molar-refractivity contribution is -0.125. The minimum absolute atomic E-state index is 0.0549. The van der Waals surface area contributed by atoms with Gasteiger partial charge in [-0.3, -0.25) is 14.7 Å². The number of carbonyl (C=O) groups excluding carboxylic acids is 2. The summed E-state index contributed by atoms with van der Waals surface area (Å²) in [4.78, 5) is 33.7. The summed E-state index contributed by atoms with van der Waals surface area (Å²) in [5, 5.41) is 2.92. The highest BCUT2D eigenvalue weighted by molar-refractivity contribution is 5.97. The molecule has 6 heteroatoms. The third-order valence-electron chi connectivity index (χ3n) is 4.86. The molecule has 0 radical (unpaired) electrons. The predicted octanol–water partition coefficient (Wildman–Crippen LogP) is 2.15. The van der Waals surface area contributed by atoms with Crippen LogP contribution in [-0.4, -0.2) is 47.5 Å². The van der Waals surface area contributed by atoms with E-state index in [2.05, 4.69) is 24.1 Å². The molecule has 1 atom stereocenters. The summed E-state index contributed by atoms with van der Waals surface area (Å²) >= 11 is 0. The zero-order valence-electron chi connectivity index (χ0n) is 14.9. The number of nitrogens with zero attached hydrogens (tertiary/aromatic N) is 3. The van der Waals surface area contributed by atoms with E-state index < -0.39 is 6.04 Å². The van der Waals surface area contributed by atoms with Crippen LogP contribution in [0.1, 0.15) is 39.8 Å². The summed E-state index contributed by atoms with van der Waals surface area (Å²) in [5.74, 6) is 0.0109. The zero-order valence-corrected chi connectivity index (χ0v) is 14.9. The van der Waals surface area contributed by atoms with Crippen molar-refractivity contribution in [3.8, 4) is 0 Å². The van der Waals surface area contributed by atoms with E-state index in [1.54, 1.807) is 16.0 Å². The summed E-state index contributed by atoms with van der Waals surface area (Å²) in [5.41, 5.74) is 1.62. The van der Waals surface area contributed by atoms with Gasteiger partial charge in [0.15, 0.2) is 0 Å². The fourth-order valence-electron chi connectivity index (χ4n) is 3.74. The Morgan fingerprint density at radius 1 is 1.42 bits per heavy atom. The molecule has 0 aliphatic carbocycles. The van der Waals surface area contributed by atoms with Crippen LogP contribution in [0, 0.1) is 5.92 Å². The molecule has 1 saturated heterocycles. The number of anilines is 1. The van der Waals surface area contributed by atoms with Crippen molar-refractivity contribution in [3.05, 3.63) is 24.0 Å². The van der Waals surface area contributed by atoms with E-state index in [-0.39, 0.29) is 23.3 Å². The number of fused-ring (bicyclic) bond motifs is 1. The molecule has 1 N–H and O–H groups in total. The second-order valence-electron chi connectivity index (χ2n) is 7.65. The number of urea groups is 1. The molecule has 130 valence electrons. The van der Waals surface area contributed by atoms with E-state index in [0.29, 0.717) is 19.6 Å². The zero-order chi connectivity index (χ0) is 17.5. The molecule has 6 nitrogen and oxygen atoms in total. The van der Waals surface area contributed by atoms with Crippen LogP contribution in [0.25, 0.3) is 0 Å². The minimum Gasteiger partial charge on any atom is -0.354 e. The first kappa shape index (κ1) is 16.7. The van der Waals surface area contributed by atoms with Gasteiger partial charge in [0.05, 0.1) is 11.4 Å². The minimum atomic E-state index is -0.427. The number of carbonyl (C=O) groups is 2. The Morgan fingerprint density at radius 2 is 2.17 bits per heavy atom. The first-order valence-electron chi connectivity index (χ1n) is 8.64. The van der Waals surface area contributed by atoms with Gasteiger partial charge in [0.2, 0.25) is 5.91 Å². The largest absolute Gasteiger partial charge is 0.354 e. The van der Waals surface area contributed by atoms with Crippen molar-refractivity contribution in [2.75, 3.05) is 24.5 Å². The lowest BCUT2D eigenvalue weighted by atomic mass is 9.91. The average molecular weight is 330 g/mol. The smallest absolute Gasteiger partial charge is 0.325 e. The summed E-state index contributed by atoms with van der Waals surface area (Å²) in [6, 6.07) is 3.28. The van der Waals surface area contributed by atoms with Gasteiger partial charge in [-0.05, 0) is 24.5 Å². The maximum Gasteiger partial charge on any atom is 0.325 e. The molecular weight excluding hydrogens is 304 g/mol. The van der Waals surface area contributed by atoms with Crippen LogP contribution < -0.4 is 10.2 Å². The number of pyridine rings is 1. The molecule has 3 amide bonds. The lowest BCUT2D eigenvalue weighted by Gasteiger charge is -2.34. The van der Waals surface area contributed by atoms with Crippen molar-refractivity contribution in [3.63, 3.8) is 0 Å². The van der Waals surface area contributed by atoms with Crippen LogP contribution >= 0.6 is 0 Å². The van der Waals surface area contributed by atoms with Gasteiger partial charge < -0.3 is 10.2 Å². The second kappa shape index (κ2) is 6.07. The van der Waals surface area contributed by atoms with Crippen LogP contribution in [-0.2, 0) is 10.2 Å². The van der Waals surface area contributed by atoms with Gasteiger partial charge in [0, 0.05) is 31.2 Å². The van der Waals surface area contributed by atoms with Crippen molar-refractivity contribution < 1.29 is 9.59 Å². The summed E-state index contributed by atoms with van der Waals surface area (Å²) < 4.78 is 0. The van der Waals surface area contributed by atoms with Gasteiger partial charge in [-0.15, -0.1) is 0 Å². The predicted molar refractivity (Wildman–Crippen MR) is 93.0 cm³/mol. The average Bonchev–Trinajstić information content (AvgIpc) is 2.68. The highest BCUT2D eigenvalue weighted by Crippen LogP contribution is 2.39. The van der Waals surface area contributed by atoms with Crippen LogP contribution in [0.2, 0.25) is 0 Å². The molecule has 1 aromatic heterocycles.